The third-order valence-electron chi connectivity index (χ3n) is 3.14. The van der Waals surface area contributed by atoms with Crippen molar-refractivity contribution in [2.45, 2.75) is 6.92 Å². The molecule has 0 aromatic heterocycles. The normalized spacial score (nSPS) is 18.7. The molecule has 0 saturated carbocycles. The number of carbonyl (C=O) groups is 1. The van der Waals surface area contributed by atoms with Crippen molar-refractivity contribution in [3.8, 4) is 0 Å². The number of amides is 1. The van der Waals surface area contributed by atoms with Gasteiger partial charge in [-0.05, 0) is 36.8 Å². The van der Waals surface area contributed by atoms with Crippen molar-refractivity contribution in [1.82, 2.24) is 5.32 Å². The minimum absolute atomic E-state index is 0.126. The van der Waals surface area contributed by atoms with E-state index in [2.05, 4.69) is 10.4 Å². The molecule has 1 amide bonds. The van der Waals surface area contributed by atoms with E-state index in [4.69, 9.17) is 23.7 Å². The molecule has 110 valence electrons. The van der Waals surface area contributed by atoms with Crippen LogP contribution in [0.5, 0.6) is 0 Å². The van der Waals surface area contributed by atoms with Crippen LogP contribution in [0.15, 0.2) is 47.2 Å². The summed E-state index contributed by atoms with van der Waals surface area (Å²) in [5.41, 5.74) is 13.2. The Morgan fingerprint density at radius 2 is 2.14 bits per heavy atom. The van der Waals surface area contributed by atoms with Crippen LogP contribution in [0.1, 0.15) is 6.92 Å². The third-order valence-corrected chi connectivity index (χ3v) is 3.26. The van der Waals surface area contributed by atoms with Gasteiger partial charge < -0.3 is 16.8 Å². The van der Waals surface area contributed by atoms with Crippen molar-refractivity contribution < 1.29 is 4.79 Å². The van der Waals surface area contributed by atoms with Gasteiger partial charge in [0.25, 0.3) is 5.91 Å². The molecule has 0 radical (unpaired) electrons. The summed E-state index contributed by atoms with van der Waals surface area (Å²) in [4.78, 5) is 12.6. The SMILES string of the molecule is CC1=NN(c2ccccc2)C(=O)C1C(=CNC(N)=S)CN. The molecule has 6 nitrogen and oxygen atoms in total. The molecule has 1 aliphatic rings. The standard InChI is InChI=1S/C14H17N5OS/c1-9-12(10(7-15)8-17-14(16)21)13(20)19(18-9)11-5-3-2-4-6-11/h2-6,8,12H,7,15H2,1H3,(H3,16,17,21). The number of nitrogens with two attached hydrogens (primary N) is 2. The fourth-order valence-corrected chi connectivity index (χ4v) is 2.23. The molecule has 21 heavy (non-hydrogen) atoms. The number of benzene rings is 1. The number of hydrazone groups is 1. The van der Waals surface area contributed by atoms with Crippen LogP contribution in [0.2, 0.25) is 0 Å². The maximum Gasteiger partial charge on any atom is 0.260 e. The van der Waals surface area contributed by atoms with Gasteiger partial charge in [-0.15, -0.1) is 0 Å². The van der Waals surface area contributed by atoms with E-state index in [-0.39, 0.29) is 17.6 Å². The van der Waals surface area contributed by atoms with Gasteiger partial charge in [-0.1, -0.05) is 18.2 Å². The Bertz CT molecular complexity index is 611. The Kier molecular flexibility index (Phi) is 4.66. The molecule has 1 atom stereocenters. The van der Waals surface area contributed by atoms with Gasteiger partial charge >= 0.3 is 0 Å². The summed E-state index contributed by atoms with van der Waals surface area (Å²) >= 11 is 4.75. The zero-order chi connectivity index (χ0) is 15.4. The van der Waals surface area contributed by atoms with Crippen molar-refractivity contribution >= 4 is 34.6 Å². The lowest BCUT2D eigenvalue weighted by Crippen LogP contribution is -2.32. The first kappa shape index (κ1) is 15.1. The molecule has 1 aromatic rings. The van der Waals surface area contributed by atoms with Gasteiger partial charge in [0.2, 0.25) is 0 Å². The van der Waals surface area contributed by atoms with Crippen LogP contribution >= 0.6 is 12.2 Å². The van der Waals surface area contributed by atoms with Gasteiger partial charge in [0.15, 0.2) is 5.11 Å². The van der Waals surface area contributed by atoms with E-state index in [1.165, 1.54) is 5.01 Å². The van der Waals surface area contributed by atoms with Crippen LogP contribution < -0.4 is 21.8 Å². The van der Waals surface area contributed by atoms with Gasteiger partial charge in [-0.2, -0.15) is 10.1 Å². The molecule has 1 unspecified atom stereocenters. The number of nitrogens with zero attached hydrogens (tertiary/aromatic N) is 2. The van der Waals surface area contributed by atoms with Crippen LogP contribution in [-0.4, -0.2) is 23.3 Å². The van der Waals surface area contributed by atoms with E-state index >= 15 is 0 Å². The molecule has 7 heteroatoms. The summed E-state index contributed by atoms with van der Waals surface area (Å²) in [5, 5.41) is 8.56. The molecular weight excluding hydrogens is 286 g/mol. The fraction of sp³-hybridized carbons (Fsp3) is 0.214. The number of nitrogens with one attached hydrogen (secondary N) is 1. The Hall–Kier alpha value is -2.25. The molecule has 0 saturated heterocycles. The first-order valence-corrected chi connectivity index (χ1v) is 6.84. The monoisotopic (exact) mass is 303 g/mol. The lowest BCUT2D eigenvalue weighted by molar-refractivity contribution is -0.119. The molecule has 5 N–H and O–H groups in total. The van der Waals surface area contributed by atoms with E-state index in [1.54, 1.807) is 13.1 Å². The molecule has 2 rings (SSSR count). The summed E-state index contributed by atoms with van der Waals surface area (Å²) in [7, 11) is 0. The van der Waals surface area contributed by atoms with Crippen LogP contribution in [0.4, 0.5) is 5.69 Å². The maximum absolute atomic E-state index is 12.6. The summed E-state index contributed by atoms with van der Waals surface area (Å²) in [6.45, 7) is 2.01. The second-order valence-electron chi connectivity index (χ2n) is 4.59. The Morgan fingerprint density at radius 3 is 2.71 bits per heavy atom. The quantitative estimate of drug-likeness (QED) is 0.712. The average Bonchev–Trinajstić information content (AvgIpc) is 2.77. The first-order valence-electron chi connectivity index (χ1n) is 6.43. The van der Waals surface area contributed by atoms with E-state index in [0.717, 1.165) is 5.69 Å². The highest BCUT2D eigenvalue weighted by Gasteiger charge is 2.36. The van der Waals surface area contributed by atoms with Crippen LogP contribution in [0.25, 0.3) is 0 Å². The van der Waals surface area contributed by atoms with Gasteiger partial charge in [-0.25, -0.2) is 0 Å². The highest BCUT2D eigenvalue weighted by Crippen LogP contribution is 2.27. The van der Waals surface area contributed by atoms with Crippen LogP contribution in [-0.2, 0) is 4.79 Å². The maximum atomic E-state index is 12.6. The van der Waals surface area contributed by atoms with Crippen molar-refractivity contribution in [2.75, 3.05) is 11.6 Å². The van der Waals surface area contributed by atoms with E-state index in [0.29, 0.717) is 11.3 Å². The van der Waals surface area contributed by atoms with Gasteiger partial charge in [0.1, 0.15) is 5.92 Å². The van der Waals surface area contributed by atoms with Crippen LogP contribution in [0, 0.1) is 5.92 Å². The third kappa shape index (κ3) is 3.26. The minimum atomic E-state index is -0.489. The van der Waals surface area contributed by atoms with Crippen molar-refractivity contribution in [3.05, 3.63) is 42.1 Å². The zero-order valence-electron chi connectivity index (χ0n) is 11.6. The topological polar surface area (TPSA) is 96.7 Å². The molecule has 1 aromatic carbocycles. The number of thiocarbonyl (C=S) groups is 1. The number of para-hydroxylation sites is 1. The summed E-state index contributed by atoms with van der Waals surface area (Å²) in [6, 6.07) is 9.26. The number of hydrogen-bond donors (Lipinski definition) is 3. The largest absolute Gasteiger partial charge is 0.376 e. The summed E-state index contributed by atoms with van der Waals surface area (Å²) in [6.07, 6.45) is 1.58. The predicted octanol–water partition coefficient (Wildman–Crippen LogP) is 0.701. The molecular formula is C14H17N5OS. The average molecular weight is 303 g/mol. The Labute approximate surface area is 128 Å². The number of rotatable bonds is 4. The van der Waals surface area contributed by atoms with E-state index in [1.807, 2.05) is 30.3 Å². The van der Waals surface area contributed by atoms with Crippen molar-refractivity contribution in [3.63, 3.8) is 0 Å². The second kappa shape index (κ2) is 6.47. The van der Waals surface area contributed by atoms with Gasteiger partial charge in [-0.3, -0.25) is 4.79 Å². The Morgan fingerprint density at radius 1 is 1.48 bits per heavy atom. The predicted molar refractivity (Wildman–Crippen MR) is 87.6 cm³/mol. The van der Waals surface area contributed by atoms with Gasteiger partial charge in [0, 0.05) is 12.7 Å². The second-order valence-corrected chi connectivity index (χ2v) is 5.03. The molecule has 1 heterocycles. The Balaban J connectivity index is 2.27. The summed E-state index contributed by atoms with van der Waals surface area (Å²) < 4.78 is 0. The lowest BCUT2D eigenvalue weighted by Gasteiger charge is -2.16. The minimum Gasteiger partial charge on any atom is -0.376 e. The van der Waals surface area contributed by atoms with E-state index in [9.17, 15) is 4.79 Å². The van der Waals surface area contributed by atoms with E-state index < -0.39 is 5.92 Å². The van der Waals surface area contributed by atoms with Crippen LogP contribution in [0.3, 0.4) is 0 Å². The molecule has 0 spiro atoms. The lowest BCUT2D eigenvalue weighted by atomic mass is 9.95. The number of hydrogen-bond acceptors (Lipinski definition) is 4. The smallest absolute Gasteiger partial charge is 0.260 e. The molecule has 0 bridgehead atoms. The van der Waals surface area contributed by atoms with Crippen molar-refractivity contribution in [2.24, 2.45) is 22.5 Å². The highest BCUT2D eigenvalue weighted by atomic mass is 32.1. The number of anilines is 1. The highest BCUT2D eigenvalue weighted by molar-refractivity contribution is 7.80. The number of carbonyl (C=O) groups excluding carboxylic acids is 1. The van der Waals surface area contributed by atoms with Gasteiger partial charge in [0.05, 0.1) is 11.4 Å². The molecule has 0 fully saturated rings. The molecule has 0 aliphatic carbocycles. The fourth-order valence-electron chi connectivity index (χ4n) is 2.17. The zero-order valence-corrected chi connectivity index (χ0v) is 12.4. The molecule has 1 aliphatic heterocycles. The first-order chi connectivity index (χ1) is 10.0. The van der Waals surface area contributed by atoms with Crippen molar-refractivity contribution in [1.29, 1.82) is 0 Å². The summed E-state index contributed by atoms with van der Waals surface area (Å²) in [5.74, 6) is -0.628.